The van der Waals surface area contributed by atoms with Crippen molar-refractivity contribution in [3.8, 4) is 5.69 Å². The molecule has 0 atom stereocenters. The van der Waals surface area contributed by atoms with Crippen LogP contribution in [-0.4, -0.2) is 28.3 Å². The molecule has 162 valence electrons. The lowest BCUT2D eigenvalue weighted by Crippen LogP contribution is -2.18. The van der Waals surface area contributed by atoms with Crippen molar-refractivity contribution >= 4 is 17.6 Å². The Balaban J connectivity index is 1.89. The third-order valence-corrected chi connectivity index (χ3v) is 4.10. The predicted octanol–water partition coefficient (Wildman–Crippen LogP) is 4.60. The summed E-state index contributed by atoms with van der Waals surface area (Å²) in [6.45, 7) is 1.35. The van der Waals surface area contributed by atoms with Crippen molar-refractivity contribution < 1.29 is 36.3 Å². The smallest absolute Gasteiger partial charge is 0.434 e. The first-order valence-electron chi connectivity index (χ1n) is 8.81. The van der Waals surface area contributed by atoms with Gasteiger partial charge in [-0.3, -0.25) is 4.79 Å². The molecule has 0 saturated heterocycles. The summed E-state index contributed by atoms with van der Waals surface area (Å²) in [5, 5.41) is 5.95. The van der Waals surface area contributed by atoms with E-state index in [-0.39, 0.29) is 18.0 Å². The van der Waals surface area contributed by atoms with Crippen LogP contribution in [0.5, 0.6) is 0 Å². The molecule has 0 bridgehead atoms. The van der Waals surface area contributed by atoms with E-state index >= 15 is 0 Å². The average Bonchev–Trinajstić information content (AvgIpc) is 3.16. The number of ether oxygens (including phenoxy) is 1. The summed E-state index contributed by atoms with van der Waals surface area (Å²) in [7, 11) is 0. The fraction of sp³-hybridized carbons (Fsp3) is 0.150. The Bertz CT molecular complexity index is 1120. The van der Waals surface area contributed by atoms with E-state index in [1.807, 2.05) is 0 Å². The highest BCUT2D eigenvalue weighted by atomic mass is 19.4. The first kappa shape index (κ1) is 21.9. The zero-order valence-electron chi connectivity index (χ0n) is 15.8. The van der Waals surface area contributed by atoms with Crippen LogP contribution in [0, 0.1) is 11.6 Å². The Kier molecular flexibility index (Phi) is 6.04. The summed E-state index contributed by atoms with van der Waals surface area (Å²) >= 11 is 0. The number of hydrogen-bond donors (Lipinski definition) is 1. The zero-order chi connectivity index (χ0) is 22.8. The van der Waals surface area contributed by atoms with Gasteiger partial charge in [-0.1, -0.05) is 6.07 Å². The highest BCUT2D eigenvalue weighted by Crippen LogP contribution is 2.34. The van der Waals surface area contributed by atoms with E-state index in [1.54, 1.807) is 0 Å². The second-order valence-electron chi connectivity index (χ2n) is 6.14. The van der Waals surface area contributed by atoms with Crippen LogP contribution in [-0.2, 0) is 10.9 Å². The minimum Gasteiger partial charge on any atom is -0.462 e. The molecule has 0 aliphatic heterocycles. The number of carbonyl (C=O) groups excluding carboxylic acids is 2. The van der Waals surface area contributed by atoms with E-state index in [0.29, 0.717) is 4.68 Å². The first-order valence-corrected chi connectivity index (χ1v) is 8.81. The lowest BCUT2D eigenvalue weighted by atomic mass is 10.2. The summed E-state index contributed by atoms with van der Waals surface area (Å²) in [6.07, 6.45) is -4.15. The van der Waals surface area contributed by atoms with Gasteiger partial charge in [-0.15, -0.1) is 0 Å². The second-order valence-corrected chi connectivity index (χ2v) is 6.14. The lowest BCUT2D eigenvalue weighted by Gasteiger charge is -2.13. The number of carbonyl (C=O) groups is 2. The first-order chi connectivity index (χ1) is 14.6. The van der Waals surface area contributed by atoms with Gasteiger partial charge in [-0.25, -0.2) is 18.3 Å². The van der Waals surface area contributed by atoms with E-state index < -0.39 is 46.5 Å². The largest absolute Gasteiger partial charge is 0.462 e. The Labute approximate surface area is 172 Å². The second kappa shape index (κ2) is 8.54. The van der Waals surface area contributed by atoms with Gasteiger partial charge in [-0.2, -0.15) is 18.3 Å². The molecule has 0 saturated carbocycles. The highest BCUT2D eigenvalue weighted by Gasteiger charge is 2.41. The van der Waals surface area contributed by atoms with Gasteiger partial charge in [0.15, 0.2) is 17.3 Å². The number of nitrogens with zero attached hydrogens (tertiary/aromatic N) is 2. The van der Waals surface area contributed by atoms with Gasteiger partial charge in [0.25, 0.3) is 5.91 Å². The van der Waals surface area contributed by atoms with Crippen LogP contribution in [0.3, 0.4) is 0 Å². The van der Waals surface area contributed by atoms with Crippen molar-refractivity contribution in [3.63, 3.8) is 0 Å². The Hall–Kier alpha value is -3.76. The molecular weight excluding hydrogens is 425 g/mol. The molecule has 3 aromatic rings. The molecule has 1 aromatic heterocycles. The molecule has 31 heavy (non-hydrogen) atoms. The molecule has 0 radical (unpaired) electrons. The highest BCUT2D eigenvalue weighted by molar-refractivity contribution is 6.04. The van der Waals surface area contributed by atoms with Crippen LogP contribution in [0.2, 0.25) is 0 Å². The number of halogens is 5. The standard InChI is InChI=1S/C20H14F5N3O3/c1-2-31-19(30)14-10-26-28(17(14)20(23,24)25)12-8-6-11(7-9-12)27-18(29)13-4-3-5-15(21)16(13)22/h3-10H,2H2,1H3,(H,27,29). The number of nitrogens with one attached hydrogen (secondary N) is 1. The molecule has 1 N–H and O–H groups in total. The monoisotopic (exact) mass is 439 g/mol. The van der Waals surface area contributed by atoms with Gasteiger partial charge in [0.1, 0.15) is 5.56 Å². The summed E-state index contributed by atoms with van der Waals surface area (Å²) in [6, 6.07) is 8.00. The molecule has 6 nitrogen and oxygen atoms in total. The van der Waals surface area contributed by atoms with Crippen molar-refractivity contribution in [2.75, 3.05) is 11.9 Å². The number of amides is 1. The molecule has 0 aliphatic carbocycles. The molecule has 3 rings (SSSR count). The van der Waals surface area contributed by atoms with Gasteiger partial charge in [0, 0.05) is 5.69 Å². The third-order valence-electron chi connectivity index (χ3n) is 4.10. The van der Waals surface area contributed by atoms with Crippen LogP contribution in [0.15, 0.2) is 48.7 Å². The molecule has 2 aromatic carbocycles. The molecule has 1 heterocycles. The van der Waals surface area contributed by atoms with E-state index in [4.69, 9.17) is 0 Å². The summed E-state index contributed by atoms with van der Waals surface area (Å²) < 4.78 is 72.8. The molecule has 0 spiro atoms. The number of rotatable bonds is 5. The van der Waals surface area contributed by atoms with Crippen LogP contribution in [0.1, 0.15) is 33.3 Å². The van der Waals surface area contributed by atoms with Gasteiger partial charge in [-0.05, 0) is 43.3 Å². The number of alkyl halides is 3. The van der Waals surface area contributed by atoms with Gasteiger partial charge in [0.2, 0.25) is 0 Å². The maximum Gasteiger partial charge on any atom is 0.434 e. The molecule has 0 unspecified atom stereocenters. The van der Waals surface area contributed by atoms with Crippen LogP contribution < -0.4 is 5.32 Å². The number of esters is 1. The average molecular weight is 439 g/mol. The van der Waals surface area contributed by atoms with Crippen molar-refractivity contribution in [3.05, 3.63) is 77.1 Å². The van der Waals surface area contributed by atoms with E-state index in [1.165, 1.54) is 31.2 Å². The summed E-state index contributed by atoms with van der Waals surface area (Å²) in [5.74, 6) is -4.63. The minimum atomic E-state index is -4.90. The van der Waals surface area contributed by atoms with Crippen molar-refractivity contribution in [2.24, 2.45) is 0 Å². The maximum absolute atomic E-state index is 13.7. The fourth-order valence-corrected chi connectivity index (χ4v) is 2.74. The SMILES string of the molecule is CCOC(=O)c1cnn(-c2ccc(NC(=O)c3cccc(F)c3F)cc2)c1C(F)(F)F. The van der Waals surface area contributed by atoms with Crippen molar-refractivity contribution in [2.45, 2.75) is 13.1 Å². The van der Waals surface area contributed by atoms with Crippen molar-refractivity contribution in [1.82, 2.24) is 9.78 Å². The fourth-order valence-electron chi connectivity index (χ4n) is 2.74. The zero-order valence-corrected chi connectivity index (χ0v) is 15.8. The number of benzene rings is 2. The number of anilines is 1. The van der Waals surface area contributed by atoms with Crippen LogP contribution >= 0.6 is 0 Å². The van der Waals surface area contributed by atoms with E-state index in [9.17, 15) is 31.5 Å². The Morgan fingerprint density at radius 1 is 1.06 bits per heavy atom. The topological polar surface area (TPSA) is 73.2 Å². The van der Waals surface area contributed by atoms with Crippen LogP contribution in [0.4, 0.5) is 27.6 Å². The molecule has 0 aliphatic rings. The quantitative estimate of drug-likeness (QED) is 0.466. The molecule has 0 fully saturated rings. The summed E-state index contributed by atoms with van der Waals surface area (Å²) in [5.41, 5.74) is -2.53. The Morgan fingerprint density at radius 2 is 1.74 bits per heavy atom. The molecule has 11 heteroatoms. The predicted molar refractivity (Wildman–Crippen MR) is 98.8 cm³/mol. The van der Waals surface area contributed by atoms with Crippen molar-refractivity contribution in [1.29, 1.82) is 0 Å². The van der Waals surface area contributed by atoms with E-state index in [0.717, 1.165) is 24.4 Å². The van der Waals surface area contributed by atoms with Crippen LogP contribution in [0.25, 0.3) is 5.69 Å². The lowest BCUT2D eigenvalue weighted by molar-refractivity contribution is -0.143. The normalized spacial score (nSPS) is 11.3. The third kappa shape index (κ3) is 4.55. The Morgan fingerprint density at radius 3 is 2.35 bits per heavy atom. The van der Waals surface area contributed by atoms with Gasteiger partial charge in [0.05, 0.1) is 24.1 Å². The number of aromatic nitrogens is 2. The summed E-state index contributed by atoms with van der Waals surface area (Å²) in [4.78, 5) is 24.0. The minimum absolute atomic E-state index is 0.0576. The molecular formula is C20H14F5N3O3. The number of hydrogen-bond acceptors (Lipinski definition) is 4. The molecule has 1 amide bonds. The van der Waals surface area contributed by atoms with Gasteiger partial charge < -0.3 is 10.1 Å². The van der Waals surface area contributed by atoms with E-state index in [2.05, 4.69) is 15.2 Å². The maximum atomic E-state index is 13.7. The van der Waals surface area contributed by atoms with Gasteiger partial charge >= 0.3 is 12.1 Å².